The van der Waals surface area contributed by atoms with Gasteiger partial charge in [-0.1, -0.05) is 29.8 Å². The first-order valence-electron chi connectivity index (χ1n) is 8.21. The van der Waals surface area contributed by atoms with Gasteiger partial charge in [0.05, 0.1) is 24.0 Å². The van der Waals surface area contributed by atoms with Gasteiger partial charge in [0, 0.05) is 37.3 Å². The van der Waals surface area contributed by atoms with E-state index in [9.17, 15) is 5.11 Å². The van der Waals surface area contributed by atoms with Gasteiger partial charge in [0.25, 0.3) is 0 Å². The van der Waals surface area contributed by atoms with Gasteiger partial charge in [0.1, 0.15) is 0 Å². The molecule has 1 aliphatic heterocycles. The number of methoxy groups -OCH3 is 1. The van der Waals surface area contributed by atoms with Crippen molar-refractivity contribution >= 4 is 11.6 Å². The van der Waals surface area contributed by atoms with Crippen molar-refractivity contribution in [2.24, 2.45) is 7.05 Å². The second-order valence-electron chi connectivity index (χ2n) is 6.48. The lowest BCUT2D eigenvalue weighted by Gasteiger charge is -2.39. The van der Waals surface area contributed by atoms with Crippen LogP contribution in [0.1, 0.15) is 29.7 Å². The number of aromatic nitrogens is 2. The fraction of sp³-hybridized carbons (Fsp3) is 0.500. The highest BCUT2D eigenvalue weighted by Gasteiger charge is 2.35. The summed E-state index contributed by atoms with van der Waals surface area (Å²) in [6.07, 6.45) is 1.33. The summed E-state index contributed by atoms with van der Waals surface area (Å²) in [6, 6.07) is 7.58. The highest BCUT2D eigenvalue weighted by Crippen LogP contribution is 2.37. The molecule has 0 spiro atoms. The third-order valence-corrected chi connectivity index (χ3v) is 5.25. The lowest BCUT2D eigenvalue weighted by molar-refractivity contribution is -0.0277. The Bertz CT molecular complexity index is 721. The molecule has 1 aromatic carbocycles. The molecule has 0 bridgehead atoms. The maximum Gasteiger partial charge on any atom is 0.216 e. The van der Waals surface area contributed by atoms with Crippen molar-refractivity contribution in [1.29, 1.82) is 0 Å². The van der Waals surface area contributed by atoms with Gasteiger partial charge in [-0.15, -0.1) is 0 Å². The Morgan fingerprint density at radius 1 is 1.29 bits per heavy atom. The van der Waals surface area contributed by atoms with Gasteiger partial charge < -0.3 is 9.84 Å². The van der Waals surface area contributed by atoms with Crippen LogP contribution in [0.25, 0.3) is 0 Å². The molecule has 1 N–H and O–H groups in total. The molecule has 0 unspecified atom stereocenters. The first-order chi connectivity index (χ1) is 11.4. The highest BCUT2D eigenvalue weighted by molar-refractivity contribution is 6.31. The molecule has 1 aliphatic rings. The number of rotatable bonds is 4. The van der Waals surface area contributed by atoms with E-state index >= 15 is 0 Å². The summed E-state index contributed by atoms with van der Waals surface area (Å²) < 4.78 is 7.24. The van der Waals surface area contributed by atoms with Crippen LogP contribution in [0.4, 0.5) is 0 Å². The fourth-order valence-corrected chi connectivity index (χ4v) is 3.84. The molecule has 5 nitrogen and oxygen atoms in total. The zero-order valence-electron chi connectivity index (χ0n) is 14.4. The van der Waals surface area contributed by atoms with Gasteiger partial charge >= 0.3 is 0 Å². The van der Waals surface area contributed by atoms with Crippen molar-refractivity contribution < 1.29 is 9.84 Å². The molecule has 6 heteroatoms. The van der Waals surface area contributed by atoms with Crippen molar-refractivity contribution in [3.8, 4) is 5.88 Å². The van der Waals surface area contributed by atoms with E-state index in [1.807, 2.05) is 38.2 Å². The first-order valence-corrected chi connectivity index (χ1v) is 8.58. The molecule has 1 aromatic heterocycles. The molecule has 3 rings (SSSR count). The minimum atomic E-state index is -0.844. The van der Waals surface area contributed by atoms with Crippen LogP contribution in [-0.4, -0.2) is 40.0 Å². The molecule has 0 saturated carbocycles. The topological polar surface area (TPSA) is 50.5 Å². The molecule has 130 valence electrons. The molecule has 2 heterocycles. The SMILES string of the molecule is COc1c(CN2CCC(O)(c3ccccc3Cl)CC2)c(C)nn1C. The molecule has 0 radical (unpaired) electrons. The maximum atomic E-state index is 11.0. The summed E-state index contributed by atoms with van der Waals surface area (Å²) in [6.45, 7) is 4.39. The van der Waals surface area contributed by atoms with Gasteiger partial charge in [0.2, 0.25) is 5.88 Å². The van der Waals surface area contributed by atoms with Gasteiger partial charge in [-0.2, -0.15) is 5.10 Å². The van der Waals surface area contributed by atoms with Gasteiger partial charge in [-0.25, -0.2) is 4.68 Å². The molecular formula is C18H24ClN3O2. The van der Waals surface area contributed by atoms with Crippen LogP contribution in [0.5, 0.6) is 5.88 Å². The van der Waals surface area contributed by atoms with Crippen LogP contribution in [0, 0.1) is 6.92 Å². The average Bonchev–Trinajstić information content (AvgIpc) is 2.83. The van der Waals surface area contributed by atoms with E-state index < -0.39 is 5.60 Å². The maximum absolute atomic E-state index is 11.0. The average molecular weight is 350 g/mol. The fourth-order valence-electron chi connectivity index (χ4n) is 3.53. The number of aryl methyl sites for hydroxylation is 2. The standard InChI is InChI=1S/C18H24ClN3O2/c1-13-14(17(24-3)21(2)20-13)12-22-10-8-18(23,9-11-22)15-6-4-5-7-16(15)19/h4-7,23H,8-12H2,1-3H3. The second kappa shape index (κ2) is 6.75. The summed E-state index contributed by atoms with van der Waals surface area (Å²) in [5.74, 6) is 0.805. The minimum absolute atomic E-state index is 0.637. The zero-order chi connectivity index (χ0) is 17.3. The molecule has 0 atom stereocenters. The Hall–Kier alpha value is -1.56. The van der Waals surface area contributed by atoms with E-state index in [2.05, 4.69) is 10.00 Å². The second-order valence-corrected chi connectivity index (χ2v) is 6.89. The molecule has 1 saturated heterocycles. The van der Waals surface area contributed by atoms with E-state index in [1.165, 1.54) is 0 Å². The number of likely N-dealkylation sites (tertiary alicyclic amines) is 1. The predicted octanol–water partition coefficient (Wildman–Crippen LogP) is 2.87. The van der Waals surface area contributed by atoms with Gasteiger partial charge in [-0.3, -0.25) is 4.90 Å². The van der Waals surface area contributed by atoms with Crippen LogP contribution in [0.3, 0.4) is 0 Å². The highest BCUT2D eigenvalue weighted by atomic mass is 35.5. The van der Waals surface area contributed by atoms with Crippen LogP contribution >= 0.6 is 11.6 Å². The van der Waals surface area contributed by atoms with Gasteiger partial charge in [0.15, 0.2) is 0 Å². The largest absolute Gasteiger partial charge is 0.481 e. The van der Waals surface area contributed by atoms with Crippen molar-refractivity contribution in [2.75, 3.05) is 20.2 Å². The zero-order valence-corrected chi connectivity index (χ0v) is 15.2. The number of aliphatic hydroxyl groups is 1. The summed E-state index contributed by atoms with van der Waals surface area (Å²) in [7, 11) is 3.56. The summed E-state index contributed by atoms with van der Waals surface area (Å²) in [5.41, 5.74) is 2.09. The minimum Gasteiger partial charge on any atom is -0.481 e. The number of piperidine rings is 1. The van der Waals surface area contributed by atoms with E-state index in [0.29, 0.717) is 17.9 Å². The number of ether oxygens (including phenoxy) is 1. The van der Waals surface area contributed by atoms with Crippen molar-refractivity contribution in [3.63, 3.8) is 0 Å². The van der Waals surface area contributed by atoms with Crippen LogP contribution in [0.2, 0.25) is 5.02 Å². The monoisotopic (exact) mass is 349 g/mol. The van der Waals surface area contributed by atoms with Crippen molar-refractivity contribution in [2.45, 2.75) is 31.9 Å². The third kappa shape index (κ3) is 3.16. The number of hydrogen-bond acceptors (Lipinski definition) is 4. The van der Waals surface area contributed by atoms with Crippen molar-refractivity contribution in [1.82, 2.24) is 14.7 Å². The number of hydrogen-bond donors (Lipinski definition) is 1. The summed E-state index contributed by atoms with van der Waals surface area (Å²) in [5, 5.41) is 16.1. The smallest absolute Gasteiger partial charge is 0.216 e. The Labute approximate surface area is 147 Å². The Balaban J connectivity index is 1.71. The molecule has 24 heavy (non-hydrogen) atoms. The number of halogens is 1. The van der Waals surface area contributed by atoms with E-state index in [4.69, 9.17) is 16.3 Å². The lowest BCUT2D eigenvalue weighted by atomic mass is 9.84. The Kier molecular flexibility index (Phi) is 4.85. The number of nitrogens with zero attached hydrogens (tertiary/aromatic N) is 3. The molecule has 1 fully saturated rings. The molecular weight excluding hydrogens is 326 g/mol. The van der Waals surface area contributed by atoms with Crippen LogP contribution in [-0.2, 0) is 19.2 Å². The van der Waals surface area contributed by atoms with E-state index in [1.54, 1.807) is 11.8 Å². The predicted molar refractivity (Wildman–Crippen MR) is 94.4 cm³/mol. The summed E-state index contributed by atoms with van der Waals surface area (Å²) in [4.78, 5) is 2.33. The quantitative estimate of drug-likeness (QED) is 0.922. The van der Waals surface area contributed by atoms with Crippen molar-refractivity contribution in [3.05, 3.63) is 46.1 Å². The van der Waals surface area contributed by atoms with Crippen LogP contribution in [0.15, 0.2) is 24.3 Å². The van der Waals surface area contributed by atoms with E-state index in [0.717, 1.165) is 42.3 Å². The normalized spacial score (nSPS) is 17.9. The van der Waals surface area contributed by atoms with Crippen LogP contribution < -0.4 is 4.74 Å². The third-order valence-electron chi connectivity index (χ3n) is 4.92. The van der Waals surface area contributed by atoms with Gasteiger partial charge in [-0.05, 0) is 25.8 Å². The molecule has 0 amide bonds. The Morgan fingerprint density at radius 3 is 2.58 bits per heavy atom. The molecule has 0 aliphatic carbocycles. The molecule has 2 aromatic rings. The van der Waals surface area contributed by atoms with E-state index in [-0.39, 0.29) is 0 Å². The lowest BCUT2D eigenvalue weighted by Crippen LogP contribution is -2.42. The number of benzene rings is 1. The summed E-state index contributed by atoms with van der Waals surface area (Å²) >= 11 is 6.28. The first kappa shape index (κ1) is 17.3. The Morgan fingerprint density at radius 2 is 1.96 bits per heavy atom.